The van der Waals surface area contributed by atoms with Gasteiger partial charge in [0.25, 0.3) is 11.8 Å². The number of likely N-dealkylation sites (N-methyl/N-ethyl adjacent to an activating group) is 1. The lowest BCUT2D eigenvalue weighted by molar-refractivity contribution is -0.133. The summed E-state index contributed by atoms with van der Waals surface area (Å²) in [4.78, 5) is 36.5. The van der Waals surface area contributed by atoms with Gasteiger partial charge in [0.1, 0.15) is 11.5 Å². The minimum absolute atomic E-state index is 0.251. The first kappa shape index (κ1) is 21.7. The quantitative estimate of drug-likeness (QED) is 0.609. The van der Waals surface area contributed by atoms with Gasteiger partial charge in [-0.3, -0.25) is 9.59 Å². The Morgan fingerprint density at radius 2 is 1.48 bits per heavy atom. The maximum atomic E-state index is 12.2. The van der Waals surface area contributed by atoms with Crippen LogP contribution in [-0.2, 0) is 20.9 Å². The normalized spacial score (nSPS) is 10.1. The number of nitrogens with two attached hydrogens (primary N) is 1. The first-order valence-corrected chi connectivity index (χ1v) is 9.03. The molecule has 2 rings (SSSR count). The second-order valence-electron chi connectivity index (χ2n) is 6.18. The Balaban J connectivity index is 1.81. The zero-order valence-corrected chi connectivity index (χ0v) is 16.4. The highest BCUT2D eigenvalue weighted by atomic mass is 16.5. The van der Waals surface area contributed by atoms with E-state index in [0.717, 1.165) is 11.3 Å². The summed E-state index contributed by atoms with van der Waals surface area (Å²) in [5.74, 6) is -0.388. The molecular formula is C21H24N2O6. The van der Waals surface area contributed by atoms with Crippen molar-refractivity contribution in [2.45, 2.75) is 13.5 Å². The average molecular weight is 400 g/mol. The molecule has 0 fully saturated rings. The largest absolute Gasteiger partial charge is 0.494 e. The highest BCUT2D eigenvalue weighted by Gasteiger charge is 2.14. The topological polar surface area (TPSA) is 108 Å². The molecule has 29 heavy (non-hydrogen) atoms. The molecule has 0 aliphatic heterocycles. The second kappa shape index (κ2) is 10.7. The smallest absolute Gasteiger partial charge is 0.338 e. The monoisotopic (exact) mass is 400 g/mol. The maximum Gasteiger partial charge on any atom is 0.338 e. The van der Waals surface area contributed by atoms with Crippen molar-refractivity contribution in [1.29, 1.82) is 0 Å². The van der Waals surface area contributed by atoms with E-state index >= 15 is 0 Å². The van der Waals surface area contributed by atoms with Crippen molar-refractivity contribution in [2.24, 2.45) is 5.73 Å². The molecule has 2 aromatic rings. The van der Waals surface area contributed by atoms with Crippen LogP contribution in [-0.4, -0.2) is 49.6 Å². The fraction of sp³-hybridized carbons (Fsp3) is 0.286. The summed E-state index contributed by atoms with van der Waals surface area (Å²) in [7, 11) is 1.64. The molecule has 0 radical (unpaired) electrons. The highest BCUT2D eigenvalue weighted by Crippen LogP contribution is 2.14. The van der Waals surface area contributed by atoms with Gasteiger partial charge in [-0.25, -0.2) is 4.79 Å². The van der Waals surface area contributed by atoms with Crippen molar-refractivity contribution >= 4 is 17.8 Å². The summed E-state index contributed by atoms with van der Waals surface area (Å²) in [6.45, 7) is 2.26. The van der Waals surface area contributed by atoms with E-state index in [1.165, 1.54) is 29.2 Å². The molecule has 0 atom stereocenters. The van der Waals surface area contributed by atoms with Gasteiger partial charge < -0.3 is 24.8 Å². The minimum atomic E-state index is -0.630. The molecule has 2 aromatic carbocycles. The number of benzene rings is 2. The van der Waals surface area contributed by atoms with Crippen LogP contribution in [0, 0.1) is 0 Å². The third kappa shape index (κ3) is 7.17. The van der Waals surface area contributed by atoms with Crippen LogP contribution in [0.25, 0.3) is 0 Å². The van der Waals surface area contributed by atoms with E-state index in [2.05, 4.69) is 0 Å². The number of esters is 1. The molecule has 2 N–H and O–H groups in total. The Morgan fingerprint density at radius 1 is 0.897 bits per heavy atom. The predicted molar refractivity (Wildman–Crippen MR) is 105 cm³/mol. The van der Waals surface area contributed by atoms with Gasteiger partial charge in [0, 0.05) is 13.6 Å². The van der Waals surface area contributed by atoms with Crippen LogP contribution in [0.3, 0.4) is 0 Å². The zero-order chi connectivity index (χ0) is 21.2. The van der Waals surface area contributed by atoms with Gasteiger partial charge in [0.15, 0.2) is 13.2 Å². The maximum absolute atomic E-state index is 12.2. The number of primary amides is 1. The Kier molecular flexibility index (Phi) is 8.02. The van der Waals surface area contributed by atoms with Crippen LogP contribution in [0.1, 0.15) is 22.8 Å². The predicted octanol–water partition coefficient (Wildman–Crippen LogP) is 1.76. The number of amides is 2. The molecule has 8 heteroatoms. The van der Waals surface area contributed by atoms with E-state index < -0.39 is 11.9 Å². The Morgan fingerprint density at radius 3 is 2.07 bits per heavy atom. The Labute approximate surface area is 169 Å². The minimum Gasteiger partial charge on any atom is -0.494 e. The summed E-state index contributed by atoms with van der Waals surface area (Å²) in [6.07, 6.45) is 0. The number of hydrogen-bond donors (Lipinski definition) is 1. The van der Waals surface area contributed by atoms with Crippen LogP contribution in [0.4, 0.5) is 0 Å². The molecule has 0 aromatic heterocycles. The summed E-state index contributed by atoms with van der Waals surface area (Å²) < 4.78 is 15.6. The third-order valence-electron chi connectivity index (χ3n) is 3.88. The first-order valence-electron chi connectivity index (χ1n) is 9.03. The van der Waals surface area contributed by atoms with Crippen LogP contribution < -0.4 is 15.2 Å². The highest BCUT2D eigenvalue weighted by molar-refractivity contribution is 5.91. The summed E-state index contributed by atoms with van der Waals surface area (Å²) in [5.41, 5.74) is 6.19. The van der Waals surface area contributed by atoms with Crippen molar-refractivity contribution in [1.82, 2.24) is 4.90 Å². The molecule has 0 aliphatic carbocycles. The molecule has 0 bridgehead atoms. The molecule has 0 spiro atoms. The van der Waals surface area contributed by atoms with Gasteiger partial charge in [-0.2, -0.15) is 0 Å². The lowest BCUT2D eigenvalue weighted by atomic mass is 10.2. The van der Waals surface area contributed by atoms with Crippen LogP contribution in [0.2, 0.25) is 0 Å². The van der Waals surface area contributed by atoms with E-state index in [9.17, 15) is 14.4 Å². The van der Waals surface area contributed by atoms with Crippen LogP contribution >= 0.6 is 0 Å². The van der Waals surface area contributed by atoms with E-state index in [0.29, 0.717) is 18.9 Å². The number of rotatable bonds is 10. The van der Waals surface area contributed by atoms with Gasteiger partial charge in [0.05, 0.1) is 12.2 Å². The first-order chi connectivity index (χ1) is 13.9. The van der Waals surface area contributed by atoms with Crippen LogP contribution in [0.5, 0.6) is 11.5 Å². The lowest BCUT2D eigenvalue weighted by Gasteiger charge is -2.17. The van der Waals surface area contributed by atoms with Gasteiger partial charge in [-0.15, -0.1) is 0 Å². The average Bonchev–Trinajstić information content (AvgIpc) is 2.72. The lowest BCUT2D eigenvalue weighted by Crippen LogP contribution is -2.30. The fourth-order valence-corrected chi connectivity index (χ4v) is 2.38. The number of carbonyl (C=O) groups is 3. The number of hydrogen-bond acceptors (Lipinski definition) is 6. The van der Waals surface area contributed by atoms with Crippen molar-refractivity contribution < 1.29 is 28.6 Å². The zero-order valence-electron chi connectivity index (χ0n) is 16.4. The number of carbonyl (C=O) groups excluding carboxylic acids is 3. The van der Waals surface area contributed by atoms with Gasteiger partial charge in [-0.1, -0.05) is 12.1 Å². The van der Waals surface area contributed by atoms with E-state index in [-0.39, 0.29) is 24.7 Å². The standard InChI is InChI=1S/C21H24N2O6/c1-3-27-17-8-4-15(5-9-17)12-23(2)20(25)14-29-21(26)16-6-10-18(11-7-16)28-13-19(22)24/h4-11H,3,12-14H2,1-2H3,(H2,22,24). The van der Waals surface area contributed by atoms with Crippen molar-refractivity contribution in [2.75, 3.05) is 26.9 Å². The SMILES string of the molecule is CCOc1ccc(CN(C)C(=O)COC(=O)c2ccc(OCC(N)=O)cc2)cc1. The summed E-state index contributed by atoms with van der Waals surface area (Å²) in [5, 5.41) is 0. The Bertz CT molecular complexity index is 833. The molecular weight excluding hydrogens is 376 g/mol. The molecule has 2 amide bonds. The number of ether oxygens (including phenoxy) is 3. The van der Waals surface area contributed by atoms with E-state index in [4.69, 9.17) is 19.9 Å². The number of nitrogens with zero attached hydrogens (tertiary/aromatic N) is 1. The molecule has 8 nitrogen and oxygen atoms in total. The molecule has 0 unspecified atom stereocenters. The van der Waals surface area contributed by atoms with Gasteiger partial charge in [0.2, 0.25) is 0 Å². The van der Waals surface area contributed by atoms with Gasteiger partial charge >= 0.3 is 5.97 Å². The van der Waals surface area contributed by atoms with Crippen molar-refractivity contribution in [3.63, 3.8) is 0 Å². The molecule has 0 heterocycles. The van der Waals surface area contributed by atoms with Crippen molar-refractivity contribution in [3.8, 4) is 11.5 Å². The Hall–Kier alpha value is -3.55. The molecule has 0 saturated carbocycles. The summed E-state index contributed by atoms with van der Waals surface area (Å²) in [6, 6.07) is 13.4. The van der Waals surface area contributed by atoms with Crippen molar-refractivity contribution in [3.05, 3.63) is 59.7 Å². The van der Waals surface area contributed by atoms with E-state index in [1.807, 2.05) is 31.2 Å². The third-order valence-corrected chi connectivity index (χ3v) is 3.88. The molecule has 0 aliphatic rings. The second-order valence-corrected chi connectivity index (χ2v) is 6.18. The summed E-state index contributed by atoms with van der Waals surface area (Å²) >= 11 is 0. The van der Waals surface area contributed by atoms with E-state index in [1.54, 1.807) is 7.05 Å². The van der Waals surface area contributed by atoms with Crippen LogP contribution in [0.15, 0.2) is 48.5 Å². The fourth-order valence-electron chi connectivity index (χ4n) is 2.38. The molecule has 154 valence electrons. The molecule has 0 saturated heterocycles. The van der Waals surface area contributed by atoms with Gasteiger partial charge in [-0.05, 0) is 48.9 Å².